The van der Waals surface area contributed by atoms with Crippen molar-refractivity contribution >= 4 is 34.2 Å². The molecule has 3 aromatic rings. The number of H-pyrrole nitrogens is 1. The number of aromatic amines is 1. The van der Waals surface area contributed by atoms with Gasteiger partial charge in [-0.3, -0.25) is 14.9 Å². The average molecular weight is 381 g/mol. The van der Waals surface area contributed by atoms with Crippen LogP contribution >= 0.6 is 0 Å². The third kappa shape index (κ3) is 4.01. The van der Waals surface area contributed by atoms with Crippen LogP contribution in [0, 0.1) is 30.9 Å². The molecule has 8 heteroatoms. The molecule has 0 saturated heterocycles. The van der Waals surface area contributed by atoms with Gasteiger partial charge < -0.3 is 15.0 Å². The number of nitrogens with one attached hydrogen (secondary N) is 2. The standard InChI is InChI=1S/C20H19N3O5/c1-11-4-5-15(18(8-11)23(26)27)22-19(24)10-28-20(25)17-9-14-13(3)6-12(2)7-16(14)21-17/h4-9,21H,10H2,1-3H3,(H,22,24). The highest BCUT2D eigenvalue weighted by Crippen LogP contribution is 2.25. The fourth-order valence-electron chi connectivity index (χ4n) is 3.00. The van der Waals surface area contributed by atoms with Crippen molar-refractivity contribution in [1.29, 1.82) is 0 Å². The Balaban J connectivity index is 1.67. The van der Waals surface area contributed by atoms with Gasteiger partial charge in [-0.1, -0.05) is 12.1 Å². The van der Waals surface area contributed by atoms with Crippen LogP contribution in [0.4, 0.5) is 11.4 Å². The Labute approximate surface area is 160 Å². The number of nitro benzene ring substituents is 1. The third-order valence-electron chi connectivity index (χ3n) is 4.27. The Hall–Kier alpha value is -3.68. The number of aromatic nitrogens is 1. The lowest BCUT2D eigenvalue weighted by atomic mass is 10.1. The highest BCUT2D eigenvalue weighted by atomic mass is 16.6. The predicted molar refractivity (Wildman–Crippen MR) is 105 cm³/mol. The Morgan fingerprint density at radius 3 is 2.57 bits per heavy atom. The van der Waals surface area contributed by atoms with Gasteiger partial charge in [0.25, 0.3) is 11.6 Å². The van der Waals surface area contributed by atoms with Crippen LogP contribution in [0.1, 0.15) is 27.2 Å². The molecule has 1 heterocycles. The highest BCUT2D eigenvalue weighted by Gasteiger charge is 2.18. The summed E-state index contributed by atoms with van der Waals surface area (Å²) in [6.07, 6.45) is 0. The normalized spacial score (nSPS) is 10.7. The summed E-state index contributed by atoms with van der Waals surface area (Å²) < 4.78 is 5.03. The zero-order valence-corrected chi connectivity index (χ0v) is 15.7. The molecule has 28 heavy (non-hydrogen) atoms. The number of nitro groups is 1. The first-order valence-electron chi connectivity index (χ1n) is 8.56. The summed E-state index contributed by atoms with van der Waals surface area (Å²) in [6, 6.07) is 10.0. The minimum atomic E-state index is -0.679. The number of nitrogens with zero attached hydrogens (tertiary/aromatic N) is 1. The maximum absolute atomic E-state index is 12.2. The Kier molecular flexibility index (Phi) is 5.12. The summed E-state index contributed by atoms with van der Waals surface area (Å²) in [5.41, 5.74) is 3.65. The Morgan fingerprint density at radius 1 is 1.11 bits per heavy atom. The van der Waals surface area contributed by atoms with E-state index in [1.807, 2.05) is 26.0 Å². The SMILES string of the molecule is Cc1ccc(NC(=O)COC(=O)c2cc3c(C)cc(C)cc3[nH]2)c([N+](=O)[O-])c1. The molecule has 0 radical (unpaired) electrons. The van der Waals surface area contributed by atoms with Gasteiger partial charge >= 0.3 is 5.97 Å². The number of benzene rings is 2. The minimum Gasteiger partial charge on any atom is -0.451 e. The molecule has 144 valence electrons. The van der Waals surface area contributed by atoms with Crippen LogP contribution in [0.2, 0.25) is 0 Å². The molecule has 0 unspecified atom stereocenters. The van der Waals surface area contributed by atoms with Gasteiger partial charge in [0, 0.05) is 17.0 Å². The molecule has 0 atom stereocenters. The van der Waals surface area contributed by atoms with Crippen molar-refractivity contribution in [1.82, 2.24) is 4.98 Å². The molecule has 0 fully saturated rings. The minimum absolute atomic E-state index is 0.0494. The number of amides is 1. The van der Waals surface area contributed by atoms with Gasteiger partial charge in [0.1, 0.15) is 11.4 Å². The van der Waals surface area contributed by atoms with Crippen LogP contribution in [0.3, 0.4) is 0 Å². The molecule has 2 N–H and O–H groups in total. The highest BCUT2D eigenvalue weighted by molar-refractivity contribution is 5.99. The summed E-state index contributed by atoms with van der Waals surface area (Å²) in [7, 11) is 0. The van der Waals surface area contributed by atoms with Gasteiger partial charge in [-0.15, -0.1) is 0 Å². The largest absolute Gasteiger partial charge is 0.451 e. The van der Waals surface area contributed by atoms with Crippen molar-refractivity contribution in [3.63, 3.8) is 0 Å². The average Bonchev–Trinajstić information content (AvgIpc) is 3.05. The second kappa shape index (κ2) is 7.51. The third-order valence-corrected chi connectivity index (χ3v) is 4.27. The first kappa shape index (κ1) is 19.1. The van der Waals surface area contributed by atoms with Crippen LogP contribution < -0.4 is 5.32 Å². The molecular formula is C20H19N3O5. The first-order valence-corrected chi connectivity index (χ1v) is 8.56. The van der Waals surface area contributed by atoms with E-state index < -0.39 is 23.4 Å². The smallest absolute Gasteiger partial charge is 0.355 e. The van der Waals surface area contributed by atoms with E-state index in [1.54, 1.807) is 19.1 Å². The number of aryl methyl sites for hydroxylation is 3. The van der Waals surface area contributed by atoms with Crippen molar-refractivity contribution in [3.8, 4) is 0 Å². The quantitative estimate of drug-likeness (QED) is 0.396. The molecule has 0 aliphatic rings. The van der Waals surface area contributed by atoms with E-state index in [-0.39, 0.29) is 17.1 Å². The topological polar surface area (TPSA) is 114 Å². The molecule has 0 spiro atoms. The molecule has 1 aromatic heterocycles. The van der Waals surface area contributed by atoms with E-state index in [0.717, 1.165) is 22.0 Å². The molecule has 3 rings (SSSR count). The number of carbonyl (C=O) groups is 2. The molecule has 8 nitrogen and oxygen atoms in total. The van der Waals surface area contributed by atoms with Gasteiger partial charge in [0.15, 0.2) is 6.61 Å². The van der Waals surface area contributed by atoms with E-state index in [2.05, 4.69) is 10.3 Å². The van der Waals surface area contributed by atoms with Crippen LogP contribution in [-0.4, -0.2) is 28.4 Å². The van der Waals surface area contributed by atoms with Crippen LogP contribution in [0.15, 0.2) is 36.4 Å². The fraction of sp³-hybridized carbons (Fsp3) is 0.200. The Morgan fingerprint density at radius 2 is 1.86 bits per heavy atom. The monoisotopic (exact) mass is 381 g/mol. The van der Waals surface area contributed by atoms with Crippen molar-refractivity contribution in [2.45, 2.75) is 20.8 Å². The van der Waals surface area contributed by atoms with Crippen molar-refractivity contribution in [2.24, 2.45) is 0 Å². The zero-order valence-electron chi connectivity index (χ0n) is 15.7. The summed E-state index contributed by atoms with van der Waals surface area (Å²) in [6.45, 7) is 5.06. The molecule has 0 aliphatic carbocycles. The number of hydrogen-bond acceptors (Lipinski definition) is 5. The molecule has 0 aliphatic heterocycles. The van der Waals surface area contributed by atoms with E-state index in [4.69, 9.17) is 4.74 Å². The second-order valence-electron chi connectivity index (χ2n) is 6.63. The van der Waals surface area contributed by atoms with Crippen LogP contribution in [0.5, 0.6) is 0 Å². The fourth-order valence-corrected chi connectivity index (χ4v) is 3.00. The maximum atomic E-state index is 12.2. The van der Waals surface area contributed by atoms with Gasteiger partial charge in [-0.25, -0.2) is 4.79 Å². The number of carbonyl (C=O) groups excluding carboxylic acids is 2. The van der Waals surface area contributed by atoms with Crippen molar-refractivity contribution in [2.75, 3.05) is 11.9 Å². The molecule has 1 amide bonds. The summed E-state index contributed by atoms with van der Waals surface area (Å²) in [5, 5.41) is 14.4. The van der Waals surface area contributed by atoms with Crippen LogP contribution in [0.25, 0.3) is 10.9 Å². The lowest BCUT2D eigenvalue weighted by Crippen LogP contribution is -2.21. The molecular weight excluding hydrogens is 362 g/mol. The van der Waals surface area contributed by atoms with E-state index in [1.165, 1.54) is 12.1 Å². The molecule has 2 aromatic carbocycles. The van der Waals surface area contributed by atoms with Crippen molar-refractivity contribution in [3.05, 3.63) is 68.9 Å². The second-order valence-corrected chi connectivity index (χ2v) is 6.63. The number of fused-ring (bicyclic) bond motifs is 1. The lowest BCUT2D eigenvalue weighted by molar-refractivity contribution is -0.384. The first-order chi connectivity index (χ1) is 13.2. The number of ether oxygens (including phenoxy) is 1. The molecule has 0 bridgehead atoms. The number of anilines is 1. The van der Waals surface area contributed by atoms with Crippen LogP contribution in [-0.2, 0) is 9.53 Å². The van der Waals surface area contributed by atoms with E-state index in [9.17, 15) is 19.7 Å². The summed E-state index contributed by atoms with van der Waals surface area (Å²) >= 11 is 0. The van der Waals surface area contributed by atoms with Gasteiger partial charge in [0.2, 0.25) is 0 Å². The Bertz CT molecular complexity index is 1100. The lowest BCUT2D eigenvalue weighted by Gasteiger charge is -2.07. The van der Waals surface area contributed by atoms with E-state index >= 15 is 0 Å². The van der Waals surface area contributed by atoms with Crippen molar-refractivity contribution < 1.29 is 19.2 Å². The van der Waals surface area contributed by atoms with Gasteiger partial charge in [-0.05, 0) is 55.7 Å². The molecule has 0 saturated carbocycles. The summed E-state index contributed by atoms with van der Waals surface area (Å²) in [5.74, 6) is -1.34. The van der Waals surface area contributed by atoms with Gasteiger partial charge in [0.05, 0.1) is 4.92 Å². The van der Waals surface area contributed by atoms with E-state index in [0.29, 0.717) is 5.56 Å². The zero-order chi connectivity index (χ0) is 20.4. The predicted octanol–water partition coefficient (Wildman–Crippen LogP) is 3.80. The number of rotatable bonds is 5. The number of hydrogen-bond donors (Lipinski definition) is 2. The maximum Gasteiger partial charge on any atom is 0.355 e. The summed E-state index contributed by atoms with van der Waals surface area (Å²) in [4.78, 5) is 37.8. The number of esters is 1. The van der Waals surface area contributed by atoms with Gasteiger partial charge in [-0.2, -0.15) is 0 Å².